The number of hydrogen-bond acceptors (Lipinski definition) is 4. The summed E-state index contributed by atoms with van der Waals surface area (Å²) in [7, 11) is 0. The SMILES string of the molecule is CCCNC(=O)c1ccc(N2CCCc3ccccc32)nn1. The quantitative estimate of drug-likeness (QED) is 0.942. The lowest BCUT2D eigenvalue weighted by molar-refractivity contribution is 0.0947. The first-order valence-corrected chi connectivity index (χ1v) is 7.77. The van der Waals surface area contributed by atoms with Crippen molar-refractivity contribution in [1.82, 2.24) is 15.5 Å². The molecule has 5 nitrogen and oxygen atoms in total. The van der Waals surface area contributed by atoms with E-state index in [0.717, 1.165) is 31.6 Å². The Bertz CT molecular complexity index is 654. The van der Waals surface area contributed by atoms with E-state index in [4.69, 9.17) is 0 Å². The Balaban J connectivity index is 1.81. The molecule has 5 heteroatoms. The van der Waals surface area contributed by atoms with Crippen LogP contribution in [0.1, 0.15) is 35.8 Å². The Morgan fingerprint density at radius 2 is 2.09 bits per heavy atom. The van der Waals surface area contributed by atoms with Crippen LogP contribution in [0.3, 0.4) is 0 Å². The fourth-order valence-corrected chi connectivity index (χ4v) is 2.69. The molecule has 0 radical (unpaired) electrons. The number of benzene rings is 1. The molecule has 0 saturated carbocycles. The highest BCUT2D eigenvalue weighted by molar-refractivity contribution is 5.92. The fourth-order valence-electron chi connectivity index (χ4n) is 2.69. The van der Waals surface area contributed by atoms with E-state index in [2.05, 4.69) is 38.6 Å². The van der Waals surface area contributed by atoms with Crippen molar-refractivity contribution >= 4 is 17.4 Å². The normalized spacial score (nSPS) is 13.6. The summed E-state index contributed by atoms with van der Waals surface area (Å²) < 4.78 is 0. The Hall–Kier alpha value is -2.43. The van der Waals surface area contributed by atoms with Gasteiger partial charge in [-0.3, -0.25) is 4.79 Å². The second-order valence-electron chi connectivity index (χ2n) is 5.42. The van der Waals surface area contributed by atoms with Crippen LogP contribution in [0.4, 0.5) is 11.5 Å². The maximum Gasteiger partial charge on any atom is 0.271 e. The summed E-state index contributed by atoms with van der Waals surface area (Å²) in [5, 5.41) is 11.1. The predicted octanol–water partition coefficient (Wildman–Crippen LogP) is 2.70. The van der Waals surface area contributed by atoms with Crippen LogP contribution in [-0.4, -0.2) is 29.2 Å². The Kier molecular flexibility index (Phi) is 4.32. The number of para-hydroxylation sites is 1. The molecule has 2 heterocycles. The summed E-state index contributed by atoms with van der Waals surface area (Å²) in [6.45, 7) is 3.59. The number of hydrogen-bond donors (Lipinski definition) is 1. The van der Waals surface area contributed by atoms with Gasteiger partial charge in [0.2, 0.25) is 0 Å². The van der Waals surface area contributed by atoms with Crippen molar-refractivity contribution in [2.45, 2.75) is 26.2 Å². The van der Waals surface area contributed by atoms with E-state index in [1.807, 2.05) is 19.1 Å². The van der Waals surface area contributed by atoms with Crippen LogP contribution >= 0.6 is 0 Å². The molecular weight excluding hydrogens is 276 g/mol. The van der Waals surface area contributed by atoms with Crippen molar-refractivity contribution in [3.05, 3.63) is 47.7 Å². The minimum Gasteiger partial charge on any atom is -0.351 e. The molecule has 1 amide bonds. The van der Waals surface area contributed by atoms with Crippen molar-refractivity contribution in [1.29, 1.82) is 0 Å². The third kappa shape index (κ3) is 2.93. The molecule has 0 unspecified atom stereocenters. The van der Waals surface area contributed by atoms with Crippen LogP contribution < -0.4 is 10.2 Å². The zero-order valence-electron chi connectivity index (χ0n) is 12.7. The Morgan fingerprint density at radius 1 is 1.23 bits per heavy atom. The van der Waals surface area contributed by atoms with Crippen molar-refractivity contribution < 1.29 is 4.79 Å². The maximum atomic E-state index is 11.9. The van der Waals surface area contributed by atoms with Crippen LogP contribution in [0.25, 0.3) is 0 Å². The van der Waals surface area contributed by atoms with Crippen LogP contribution in [0.5, 0.6) is 0 Å². The molecular formula is C17H20N4O. The summed E-state index contributed by atoms with van der Waals surface area (Å²) in [5.41, 5.74) is 2.88. The monoisotopic (exact) mass is 296 g/mol. The first-order chi connectivity index (χ1) is 10.8. The average Bonchev–Trinajstić information content (AvgIpc) is 2.59. The van der Waals surface area contributed by atoms with Gasteiger partial charge in [0.05, 0.1) is 0 Å². The minimum atomic E-state index is -0.167. The maximum absolute atomic E-state index is 11.9. The number of fused-ring (bicyclic) bond motifs is 1. The summed E-state index contributed by atoms with van der Waals surface area (Å²) >= 11 is 0. The van der Waals surface area contributed by atoms with Gasteiger partial charge in [-0.05, 0) is 43.0 Å². The van der Waals surface area contributed by atoms with E-state index >= 15 is 0 Å². The number of carbonyl (C=O) groups is 1. The zero-order valence-corrected chi connectivity index (χ0v) is 12.7. The fraction of sp³-hybridized carbons (Fsp3) is 0.353. The molecule has 1 aromatic carbocycles. The van der Waals surface area contributed by atoms with Crippen LogP contribution in [0, 0.1) is 0 Å². The zero-order chi connectivity index (χ0) is 15.4. The van der Waals surface area contributed by atoms with Gasteiger partial charge in [-0.15, -0.1) is 10.2 Å². The summed E-state index contributed by atoms with van der Waals surface area (Å²) in [6, 6.07) is 12.0. The summed E-state index contributed by atoms with van der Waals surface area (Å²) in [6.07, 6.45) is 3.09. The molecule has 22 heavy (non-hydrogen) atoms. The second-order valence-corrected chi connectivity index (χ2v) is 5.42. The van der Waals surface area contributed by atoms with Crippen molar-refractivity contribution in [3.8, 4) is 0 Å². The van der Waals surface area contributed by atoms with Gasteiger partial charge in [0, 0.05) is 18.8 Å². The lowest BCUT2D eigenvalue weighted by atomic mass is 10.0. The first kappa shape index (κ1) is 14.5. The standard InChI is InChI=1S/C17H20N4O/c1-2-11-18-17(22)14-9-10-16(20-19-14)21-12-5-7-13-6-3-4-8-15(13)21/h3-4,6,8-10H,2,5,7,11-12H2,1H3,(H,18,22). The first-order valence-electron chi connectivity index (χ1n) is 7.77. The number of anilines is 2. The number of aromatic nitrogens is 2. The Morgan fingerprint density at radius 3 is 2.86 bits per heavy atom. The molecule has 2 aromatic rings. The molecule has 0 atom stereocenters. The highest BCUT2D eigenvalue weighted by Gasteiger charge is 2.19. The number of rotatable bonds is 4. The van der Waals surface area contributed by atoms with Crippen LogP contribution in [0.2, 0.25) is 0 Å². The number of nitrogens with one attached hydrogen (secondary N) is 1. The van der Waals surface area contributed by atoms with Gasteiger partial charge in [-0.1, -0.05) is 25.1 Å². The van der Waals surface area contributed by atoms with Crippen LogP contribution in [0.15, 0.2) is 36.4 Å². The third-order valence-electron chi connectivity index (χ3n) is 3.81. The van der Waals surface area contributed by atoms with E-state index in [1.54, 1.807) is 6.07 Å². The summed E-state index contributed by atoms with van der Waals surface area (Å²) in [5.74, 6) is 0.624. The van der Waals surface area contributed by atoms with Crippen molar-refractivity contribution in [2.24, 2.45) is 0 Å². The topological polar surface area (TPSA) is 58.1 Å². The van der Waals surface area contributed by atoms with Gasteiger partial charge in [-0.25, -0.2) is 0 Å². The van der Waals surface area contributed by atoms with Gasteiger partial charge in [0.1, 0.15) is 0 Å². The number of carbonyl (C=O) groups excluding carboxylic acids is 1. The van der Waals surface area contributed by atoms with Gasteiger partial charge in [0.25, 0.3) is 5.91 Å². The summed E-state index contributed by atoms with van der Waals surface area (Å²) in [4.78, 5) is 14.0. The average molecular weight is 296 g/mol. The smallest absolute Gasteiger partial charge is 0.271 e. The van der Waals surface area contributed by atoms with Gasteiger partial charge >= 0.3 is 0 Å². The van der Waals surface area contributed by atoms with E-state index in [9.17, 15) is 4.79 Å². The molecule has 0 spiro atoms. The van der Waals surface area contributed by atoms with Gasteiger partial charge in [0.15, 0.2) is 11.5 Å². The third-order valence-corrected chi connectivity index (χ3v) is 3.81. The molecule has 1 N–H and O–H groups in total. The number of aryl methyl sites for hydroxylation is 1. The molecule has 0 aliphatic carbocycles. The number of nitrogens with zero attached hydrogens (tertiary/aromatic N) is 3. The Labute approximate surface area is 130 Å². The molecule has 114 valence electrons. The van der Waals surface area contributed by atoms with Gasteiger partial charge < -0.3 is 10.2 Å². The predicted molar refractivity (Wildman–Crippen MR) is 86.4 cm³/mol. The molecule has 0 fully saturated rings. The van der Waals surface area contributed by atoms with Crippen molar-refractivity contribution in [2.75, 3.05) is 18.0 Å². The minimum absolute atomic E-state index is 0.167. The van der Waals surface area contributed by atoms with E-state index in [0.29, 0.717) is 12.2 Å². The molecule has 0 bridgehead atoms. The van der Waals surface area contributed by atoms with E-state index in [1.165, 1.54) is 11.3 Å². The molecule has 1 aliphatic heterocycles. The largest absolute Gasteiger partial charge is 0.351 e. The van der Waals surface area contributed by atoms with E-state index < -0.39 is 0 Å². The highest BCUT2D eigenvalue weighted by atomic mass is 16.1. The molecule has 0 saturated heterocycles. The van der Waals surface area contributed by atoms with E-state index in [-0.39, 0.29) is 5.91 Å². The second kappa shape index (κ2) is 6.56. The molecule has 1 aromatic heterocycles. The van der Waals surface area contributed by atoms with Gasteiger partial charge in [-0.2, -0.15) is 0 Å². The lowest BCUT2D eigenvalue weighted by Crippen LogP contribution is -2.27. The lowest BCUT2D eigenvalue weighted by Gasteiger charge is -2.29. The molecule has 3 rings (SSSR count). The van der Waals surface area contributed by atoms with Crippen molar-refractivity contribution in [3.63, 3.8) is 0 Å². The molecule has 1 aliphatic rings. The number of amides is 1. The highest BCUT2D eigenvalue weighted by Crippen LogP contribution is 2.31. The van der Waals surface area contributed by atoms with Crippen LogP contribution in [-0.2, 0) is 6.42 Å².